The first kappa shape index (κ1) is 31.8. The summed E-state index contributed by atoms with van der Waals surface area (Å²) in [5.74, 6) is -1.38. The van der Waals surface area contributed by atoms with Crippen molar-refractivity contribution in [3.8, 4) is 0 Å². The second-order valence-electron chi connectivity index (χ2n) is 9.65. The summed E-state index contributed by atoms with van der Waals surface area (Å²) in [6, 6.07) is 2.21. The molecule has 234 valence electrons. The van der Waals surface area contributed by atoms with Gasteiger partial charge >= 0.3 is 23.3 Å². The van der Waals surface area contributed by atoms with E-state index in [0.29, 0.717) is 0 Å². The minimum atomic E-state index is -1.22. The summed E-state index contributed by atoms with van der Waals surface area (Å²) in [7, 11) is 1.41. The molecule has 4 rings (SSSR count). The highest BCUT2D eigenvalue weighted by molar-refractivity contribution is 5.66. The van der Waals surface area contributed by atoms with Crippen molar-refractivity contribution in [2.75, 3.05) is 26.9 Å². The Balaban J connectivity index is 1.66. The van der Waals surface area contributed by atoms with Gasteiger partial charge in [0.1, 0.15) is 24.4 Å². The van der Waals surface area contributed by atoms with E-state index in [9.17, 15) is 28.8 Å². The monoisotopic (exact) mass is 608 g/mol. The first-order valence-corrected chi connectivity index (χ1v) is 13.1. The molecule has 0 radical (unpaired) electrons. The minimum absolute atomic E-state index is 0.0155. The van der Waals surface area contributed by atoms with Crippen LogP contribution < -0.4 is 22.5 Å². The highest BCUT2D eigenvalue weighted by atomic mass is 16.7. The zero-order valence-electron chi connectivity index (χ0n) is 23.5. The van der Waals surface area contributed by atoms with E-state index < -0.39 is 83.5 Å². The number of aromatic nitrogens is 4. The number of methoxy groups -OCH3 is 1. The van der Waals surface area contributed by atoms with Gasteiger partial charge in [-0.05, 0) is 0 Å². The normalized spacial score (nSPS) is 28.4. The topological polar surface area (TPSA) is 208 Å². The van der Waals surface area contributed by atoms with Crippen molar-refractivity contribution in [1.82, 2.24) is 19.1 Å². The van der Waals surface area contributed by atoms with Crippen LogP contribution >= 0.6 is 0 Å². The second-order valence-corrected chi connectivity index (χ2v) is 9.65. The molecule has 2 saturated heterocycles. The van der Waals surface area contributed by atoms with Gasteiger partial charge in [-0.25, -0.2) is 9.59 Å². The summed E-state index contributed by atoms with van der Waals surface area (Å²) in [5, 5.41) is 0. The molecule has 43 heavy (non-hydrogen) atoms. The number of aromatic amines is 2. The van der Waals surface area contributed by atoms with Crippen LogP contribution in [0.1, 0.15) is 26.3 Å². The highest BCUT2D eigenvalue weighted by Gasteiger charge is 2.52. The van der Waals surface area contributed by atoms with Crippen molar-refractivity contribution in [2.24, 2.45) is 0 Å². The molecule has 0 bridgehead atoms. The van der Waals surface area contributed by atoms with Crippen molar-refractivity contribution in [3.05, 3.63) is 78.9 Å². The van der Waals surface area contributed by atoms with Gasteiger partial charge in [0.15, 0.2) is 24.7 Å². The zero-order chi connectivity index (χ0) is 31.3. The van der Waals surface area contributed by atoms with E-state index in [0.717, 1.165) is 21.3 Å². The van der Waals surface area contributed by atoms with Gasteiger partial charge in [0.05, 0.1) is 19.8 Å². The minimum Gasteiger partial charge on any atom is -0.455 e. The molecule has 17 heteroatoms. The molecule has 4 heterocycles. The quantitative estimate of drug-likeness (QED) is 0.205. The molecule has 17 nitrogen and oxygen atoms in total. The Labute approximate surface area is 242 Å². The Kier molecular flexibility index (Phi) is 10.3. The molecule has 2 aromatic rings. The van der Waals surface area contributed by atoms with E-state index in [2.05, 4.69) is 16.5 Å². The number of nitrogens with zero attached hydrogens (tertiary/aromatic N) is 2. The molecule has 0 spiro atoms. The first-order valence-electron chi connectivity index (χ1n) is 13.1. The lowest BCUT2D eigenvalue weighted by Crippen LogP contribution is -2.44. The number of hydrogen-bond donors (Lipinski definition) is 2. The third-order valence-electron chi connectivity index (χ3n) is 6.62. The zero-order valence-corrected chi connectivity index (χ0v) is 23.5. The van der Waals surface area contributed by atoms with Gasteiger partial charge in [-0.3, -0.25) is 38.3 Å². The summed E-state index contributed by atoms with van der Waals surface area (Å²) >= 11 is 0. The Morgan fingerprint density at radius 2 is 1.28 bits per heavy atom. The van der Waals surface area contributed by atoms with Crippen LogP contribution in [0, 0.1) is 0 Å². The van der Waals surface area contributed by atoms with Crippen molar-refractivity contribution in [1.29, 1.82) is 0 Å². The Morgan fingerprint density at radius 3 is 1.70 bits per heavy atom. The highest BCUT2D eigenvalue weighted by Crippen LogP contribution is 2.36. The van der Waals surface area contributed by atoms with Crippen LogP contribution in [-0.2, 0) is 42.7 Å². The lowest BCUT2D eigenvalue weighted by Gasteiger charge is -2.27. The lowest BCUT2D eigenvalue weighted by atomic mass is 10.1. The molecule has 8 atom stereocenters. The van der Waals surface area contributed by atoms with Crippen molar-refractivity contribution >= 4 is 11.9 Å². The Bertz CT molecular complexity index is 1540. The summed E-state index contributed by atoms with van der Waals surface area (Å²) in [4.78, 5) is 76.8. The van der Waals surface area contributed by atoms with Crippen molar-refractivity contribution in [3.63, 3.8) is 0 Å². The maximum atomic E-state index is 12.6. The molecular weight excluding hydrogens is 576 g/mol. The van der Waals surface area contributed by atoms with Crippen LogP contribution in [0.3, 0.4) is 0 Å². The number of carbonyl (C=O) groups excluding carboxylic acids is 2. The van der Waals surface area contributed by atoms with Crippen LogP contribution in [0.4, 0.5) is 0 Å². The third kappa shape index (κ3) is 7.26. The third-order valence-corrected chi connectivity index (χ3v) is 6.62. The second kappa shape index (κ2) is 13.9. The number of hydrogen-bond acceptors (Lipinski definition) is 13. The summed E-state index contributed by atoms with van der Waals surface area (Å²) in [6.07, 6.45) is -4.76. The van der Waals surface area contributed by atoms with Gasteiger partial charge < -0.3 is 33.2 Å². The fourth-order valence-electron chi connectivity index (χ4n) is 4.97. The van der Waals surface area contributed by atoms with Gasteiger partial charge in [-0.1, -0.05) is 6.08 Å². The summed E-state index contributed by atoms with van der Waals surface area (Å²) in [6.45, 7) is 5.68. The number of nitrogens with one attached hydrogen (secondary N) is 2. The van der Waals surface area contributed by atoms with Gasteiger partial charge in [0.2, 0.25) is 0 Å². The van der Waals surface area contributed by atoms with Crippen LogP contribution in [-0.4, -0.2) is 94.6 Å². The fourth-order valence-corrected chi connectivity index (χ4v) is 4.97. The average Bonchev–Trinajstić information content (AvgIpc) is 3.42. The fraction of sp³-hybridized carbons (Fsp3) is 0.538. The molecule has 2 fully saturated rings. The molecule has 0 unspecified atom stereocenters. The van der Waals surface area contributed by atoms with Crippen molar-refractivity contribution in [2.45, 2.75) is 62.9 Å². The molecule has 0 saturated carbocycles. The van der Waals surface area contributed by atoms with E-state index >= 15 is 0 Å². The predicted octanol–water partition coefficient (Wildman–Crippen LogP) is -1.65. The van der Waals surface area contributed by atoms with E-state index in [1.54, 1.807) is 0 Å². The van der Waals surface area contributed by atoms with Crippen molar-refractivity contribution < 1.29 is 42.7 Å². The first-order chi connectivity index (χ1) is 20.5. The van der Waals surface area contributed by atoms with Crippen LogP contribution in [0.25, 0.3) is 0 Å². The van der Waals surface area contributed by atoms with Crippen LogP contribution in [0.2, 0.25) is 0 Å². The van der Waals surface area contributed by atoms with Gasteiger partial charge in [0, 0.05) is 45.5 Å². The summed E-state index contributed by atoms with van der Waals surface area (Å²) in [5.41, 5.74) is -2.89. The van der Waals surface area contributed by atoms with Crippen LogP contribution in [0.5, 0.6) is 0 Å². The molecule has 2 aliphatic rings. The van der Waals surface area contributed by atoms with E-state index in [1.165, 1.54) is 39.4 Å². The predicted molar refractivity (Wildman–Crippen MR) is 143 cm³/mol. The number of carbonyl (C=O) groups is 2. The maximum absolute atomic E-state index is 12.6. The number of ether oxygens (including phenoxy) is 7. The molecule has 2 aromatic heterocycles. The van der Waals surface area contributed by atoms with Gasteiger partial charge in [-0.15, -0.1) is 6.58 Å². The van der Waals surface area contributed by atoms with E-state index in [4.69, 9.17) is 33.2 Å². The Hall–Kier alpha value is -4.16. The molecule has 0 amide bonds. The van der Waals surface area contributed by atoms with E-state index in [-0.39, 0.29) is 19.8 Å². The number of rotatable bonds is 12. The van der Waals surface area contributed by atoms with Gasteiger partial charge in [-0.2, -0.15) is 0 Å². The smallest absolute Gasteiger partial charge is 0.330 e. The number of H-pyrrole nitrogens is 2. The molecule has 0 aliphatic carbocycles. The van der Waals surface area contributed by atoms with Gasteiger partial charge in [0.25, 0.3) is 11.1 Å². The molecule has 2 N–H and O–H groups in total. The Morgan fingerprint density at radius 1 is 0.814 bits per heavy atom. The lowest BCUT2D eigenvalue weighted by molar-refractivity contribution is -0.161. The summed E-state index contributed by atoms with van der Waals surface area (Å²) < 4.78 is 42.6. The van der Waals surface area contributed by atoms with Crippen LogP contribution in [0.15, 0.2) is 56.4 Å². The SMILES string of the molecule is C=CCO[C@@H]1[C@@H](OC(C)=O)[C@H](n2ccc(=O)[nH]c2=O)O[C@@H]1CO[C@@H]1[C@@H](OC(C)=O)[C@H](n2ccc(=O)[nH]c2=O)O[C@@H]1COC. The van der Waals surface area contributed by atoms with E-state index in [1.807, 2.05) is 0 Å². The molecule has 2 aliphatic heterocycles. The largest absolute Gasteiger partial charge is 0.455 e. The standard InChI is InChI=1S/C26H32N4O13/c1-5-10-38-19-16(43-23(21(19)40-13(2)31)29-8-6-17(33)27-25(29)35)12-39-20-15(11-37-4)42-24(22(20)41-14(3)32)30-9-7-18(34)28-26(30)36/h5-9,15-16,19-24H,1,10-12H2,2-4H3,(H,27,33,35)(H,28,34,36)/t15-,16-,19+,20+,21-,22-,23-,24-/m1/s1. The molecule has 0 aromatic carbocycles. The molecular formula is C26H32N4O13. The maximum Gasteiger partial charge on any atom is 0.330 e. The number of esters is 2. The average molecular weight is 609 g/mol.